The highest BCUT2D eigenvalue weighted by Crippen LogP contribution is 2.64. The molecule has 1 atom stereocenters. The van der Waals surface area contributed by atoms with E-state index in [0.29, 0.717) is 33.7 Å². The average Bonchev–Trinajstić information content (AvgIpc) is 2.94. The Morgan fingerprint density at radius 1 is 1.08 bits per heavy atom. The van der Waals surface area contributed by atoms with E-state index >= 15 is 0 Å². The number of phenolic OH excluding ortho intramolecular Hbond substituents is 1. The van der Waals surface area contributed by atoms with E-state index in [1.807, 2.05) is 39.0 Å². The number of ether oxygens (including phenoxy) is 3. The quantitative estimate of drug-likeness (QED) is 0.829. The van der Waals surface area contributed by atoms with Gasteiger partial charge >= 0.3 is 0 Å². The van der Waals surface area contributed by atoms with Crippen LogP contribution in [0.4, 0.5) is 0 Å². The molecule has 0 saturated heterocycles. The van der Waals surface area contributed by atoms with Crippen LogP contribution >= 0.6 is 7.14 Å². The van der Waals surface area contributed by atoms with Gasteiger partial charge in [0.1, 0.15) is 29.3 Å². The van der Waals surface area contributed by atoms with Gasteiger partial charge in [-0.3, -0.25) is 0 Å². The van der Waals surface area contributed by atoms with Gasteiger partial charge in [0.2, 0.25) is 0 Å². The zero-order chi connectivity index (χ0) is 18.4. The molecule has 0 aromatic heterocycles. The third-order valence-electron chi connectivity index (χ3n) is 4.64. The summed E-state index contributed by atoms with van der Waals surface area (Å²) in [4.78, 5) is 0. The summed E-state index contributed by atoms with van der Waals surface area (Å²) in [6.07, 6.45) is 0.0773. The van der Waals surface area contributed by atoms with Gasteiger partial charge in [-0.25, -0.2) is 0 Å². The predicted molar refractivity (Wildman–Crippen MR) is 99.1 cm³/mol. The second-order valence-corrected chi connectivity index (χ2v) is 10.6. The minimum atomic E-state index is -2.93. The van der Waals surface area contributed by atoms with Gasteiger partial charge in [-0.15, -0.1) is 0 Å². The van der Waals surface area contributed by atoms with E-state index in [4.69, 9.17) is 14.2 Å². The van der Waals surface area contributed by atoms with Crippen LogP contribution < -0.4 is 19.5 Å². The summed E-state index contributed by atoms with van der Waals surface area (Å²) in [5, 5.41) is 10.3. The molecule has 2 aromatic rings. The minimum absolute atomic E-state index is 0.00312. The van der Waals surface area contributed by atoms with Crippen molar-refractivity contribution in [1.82, 2.24) is 0 Å². The van der Waals surface area contributed by atoms with E-state index in [1.54, 1.807) is 26.4 Å². The molecule has 134 valence electrons. The number of fused-ring (bicyclic) bond motifs is 1. The molecule has 1 N–H and O–H groups in total. The topological polar surface area (TPSA) is 65.0 Å². The number of hydrogen-bond donors (Lipinski definition) is 1. The third-order valence-corrected chi connectivity index (χ3v) is 8.46. The van der Waals surface area contributed by atoms with Crippen molar-refractivity contribution in [3.63, 3.8) is 0 Å². The molecule has 5 nitrogen and oxygen atoms in total. The molecule has 1 aliphatic heterocycles. The molecular formula is C19H23O5P. The zero-order valence-electron chi connectivity index (χ0n) is 15.1. The summed E-state index contributed by atoms with van der Waals surface area (Å²) in [6, 6.07) is 8.80. The van der Waals surface area contributed by atoms with Crippen LogP contribution in [0.1, 0.15) is 20.8 Å². The first-order valence-electron chi connectivity index (χ1n) is 8.04. The highest BCUT2D eigenvalue weighted by atomic mass is 31.2. The van der Waals surface area contributed by atoms with Crippen LogP contribution in [0.15, 0.2) is 30.3 Å². The Kier molecular flexibility index (Phi) is 4.24. The van der Waals surface area contributed by atoms with Crippen LogP contribution in [0.2, 0.25) is 0 Å². The Morgan fingerprint density at radius 3 is 2.20 bits per heavy atom. The highest BCUT2D eigenvalue weighted by molar-refractivity contribution is 7.73. The van der Waals surface area contributed by atoms with Crippen LogP contribution in [0, 0.1) is 0 Å². The van der Waals surface area contributed by atoms with Crippen molar-refractivity contribution < 1.29 is 23.9 Å². The number of phenols is 1. The first kappa shape index (κ1) is 17.7. The maximum absolute atomic E-state index is 13.6. The molecule has 0 amide bonds. The predicted octanol–water partition coefficient (Wildman–Crippen LogP) is 4.21. The molecule has 1 heterocycles. The SMILES string of the molecule is COc1cccc(OC)c1-c1ccc(O)c2c1OC[P@]2(=O)C(C)(C)C. The summed E-state index contributed by atoms with van der Waals surface area (Å²) in [5.41, 5.74) is 1.41. The van der Waals surface area contributed by atoms with Crippen molar-refractivity contribution in [3.05, 3.63) is 30.3 Å². The van der Waals surface area contributed by atoms with Crippen molar-refractivity contribution in [3.8, 4) is 34.1 Å². The number of methoxy groups -OCH3 is 2. The van der Waals surface area contributed by atoms with Crippen molar-refractivity contribution in [1.29, 1.82) is 0 Å². The van der Waals surface area contributed by atoms with E-state index in [9.17, 15) is 9.67 Å². The summed E-state index contributed by atoms with van der Waals surface area (Å²) >= 11 is 0. The van der Waals surface area contributed by atoms with Gasteiger partial charge in [0.05, 0.1) is 25.1 Å². The summed E-state index contributed by atoms with van der Waals surface area (Å²) < 4.78 is 30.5. The lowest BCUT2D eigenvalue weighted by Crippen LogP contribution is -2.22. The fourth-order valence-electron chi connectivity index (χ4n) is 3.12. The first-order chi connectivity index (χ1) is 11.7. The first-order valence-corrected chi connectivity index (χ1v) is 9.93. The van der Waals surface area contributed by atoms with Gasteiger partial charge in [-0.1, -0.05) is 26.8 Å². The molecular weight excluding hydrogens is 339 g/mol. The Labute approximate surface area is 147 Å². The van der Waals surface area contributed by atoms with Crippen LogP contribution in [0.25, 0.3) is 11.1 Å². The summed E-state index contributed by atoms with van der Waals surface area (Å²) in [5.74, 6) is 1.69. The Balaban J connectivity index is 2.33. The van der Waals surface area contributed by atoms with Crippen LogP contribution in [-0.2, 0) is 4.57 Å². The molecule has 0 saturated carbocycles. The van der Waals surface area contributed by atoms with Crippen LogP contribution in [0.3, 0.4) is 0 Å². The van der Waals surface area contributed by atoms with Crippen molar-refractivity contribution in [2.24, 2.45) is 0 Å². The minimum Gasteiger partial charge on any atom is -0.507 e. The van der Waals surface area contributed by atoms with Crippen LogP contribution in [-0.4, -0.2) is 30.8 Å². The van der Waals surface area contributed by atoms with Gasteiger partial charge in [0.15, 0.2) is 7.14 Å². The normalized spacial score (nSPS) is 19.2. The standard InChI is InChI=1S/C19H23O5P/c1-19(2,3)25(21)11-24-17-12(9-10-13(20)18(17)25)16-14(22-4)7-6-8-15(16)23-5/h6-10,20H,11H2,1-5H3/t25-/m1/s1. The van der Waals surface area contributed by atoms with Crippen LogP contribution in [0.5, 0.6) is 23.0 Å². The van der Waals surface area contributed by atoms with Crippen molar-refractivity contribution in [2.45, 2.75) is 25.9 Å². The van der Waals surface area contributed by atoms with E-state index in [0.717, 1.165) is 0 Å². The second-order valence-electron chi connectivity index (χ2n) is 7.03. The fraction of sp³-hybridized carbons (Fsp3) is 0.368. The summed E-state index contributed by atoms with van der Waals surface area (Å²) in [6.45, 7) is 5.71. The van der Waals surface area contributed by atoms with E-state index in [-0.39, 0.29) is 12.1 Å². The van der Waals surface area contributed by atoms with Crippen molar-refractivity contribution in [2.75, 3.05) is 20.6 Å². The molecule has 0 aliphatic carbocycles. The van der Waals surface area contributed by atoms with Gasteiger partial charge in [0, 0.05) is 10.7 Å². The smallest absolute Gasteiger partial charge is 0.163 e. The van der Waals surface area contributed by atoms with Gasteiger partial charge in [-0.05, 0) is 24.3 Å². The van der Waals surface area contributed by atoms with E-state index in [1.165, 1.54) is 0 Å². The molecule has 0 radical (unpaired) electrons. The number of benzene rings is 2. The molecule has 2 aromatic carbocycles. The van der Waals surface area contributed by atoms with E-state index < -0.39 is 12.3 Å². The molecule has 1 aliphatic rings. The lowest BCUT2D eigenvalue weighted by atomic mass is 10.0. The lowest BCUT2D eigenvalue weighted by molar-refractivity contribution is 0.385. The third kappa shape index (κ3) is 2.58. The summed E-state index contributed by atoms with van der Waals surface area (Å²) in [7, 11) is 0.236. The highest BCUT2D eigenvalue weighted by Gasteiger charge is 2.48. The Hall–Kier alpha value is -2.13. The Bertz CT molecular complexity index is 845. The molecule has 25 heavy (non-hydrogen) atoms. The molecule has 0 spiro atoms. The van der Waals surface area contributed by atoms with Gasteiger partial charge in [0.25, 0.3) is 0 Å². The van der Waals surface area contributed by atoms with Gasteiger partial charge < -0.3 is 23.9 Å². The fourth-order valence-corrected chi connectivity index (χ4v) is 5.57. The molecule has 0 bridgehead atoms. The monoisotopic (exact) mass is 362 g/mol. The molecule has 0 fully saturated rings. The maximum atomic E-state index is 13.6. The van der Waals surface area contributed by atoms with Gasteiger partial charge in [-0.2, -0.15) is 0 Å². The lowest BCUT2D eigenvalue weighted by Gasteiger charge is -2.26. The number of rotatable bonds is 3. The Morgan fingerprint density at radius 2 is 1.68 bits per heavy atom. The second kappa shape index (κ2) is 5.99. The van der Waals surface area contributed by atoms with E-state index in [2.05, 4.69) is 0 Å². The van der Waals surface area contributed by atoms with Crippen molar-refractivity contribution >= 4 is 12.4 Å². The molecule has 0 unspecified atom stereocenters. The number of aromatic hydroxyl groups is 1. The molecule has 6 heteroatoms. The maximum Gasteiger partial charge on any atom is 0.163 e. The molecule has 3 rings (SSSR count). The zero-order valence-corrected chi connectivity index (χ0v) is 16.0. The largest absolute Gasteiger partial charge is 0.507 e. The number of hydrogen-bond acceptors (Lipinski definition) is 5. The average molecular weight is 362 g/mol.